The van der Waals surface area contributed by atoms with Crippen LogP contribution in [0.3, 0.4) is 0 Å². The summed E-state index contributed by atoms with van der Waals surface area (Å²) in [5.74, 6) is 0. The van der Waals surface area contributed by atoms with Crippen LogP contribution in [0, 0.1) is 0 Å². The fourth-order valence-electron chi connectivity index (χ4n) is 1.95. The molecular weight excluding hydrogens is 346 g/mol. The minimum absolute atomic E-state index is 0.240. The maximum Gasteiger partial charge on any atom is 0.254 e. The molecule has 1 aliphatic rings. The van der Waals surface area contributed by atoms with Crippen LogP contribution in [0.4, 0.5) is 0 Å². The Kier molecular flexibility index (Phi) is 5.53. The summed E-state index contributed by atoms with van der Waals surface area (Å²) in [6, 6.07) is 5.22. The van der Waals surface area contributed by atoms with Crippen molar-refractivity contribution < 1.29 is 13.2 Å². The summed E-state index contributed by atoms with van der Waals surface area (Å²) in [5, 5.41) is 4.69. The zero-order chi connectivity index (χ0) is 14.6. The van der Waals surface area contributed by atoms with E-state index in [0.717, 1.165) is 5.56 Å². The summed E-state index contributed by atoms with van der Waals surface area (Å²) in [7, 11) is -1.72. The Bertz CT molecular complexity index is 559. The van der Waals surface area contributed by atoms with E-state index in [9.17, 15) is 8.42 Å². The summed E-state index contributed by atoms with van der Waals surface area (Å²) in [6.45, 7) is 2.86. The molecule has 0 amide bonds. The largest absolute Gasteiger partial charge is 0.379 e. The van der Waals surface area contributed by atoms with Gasteiger partial charge in [0.2, 0.25) is 0 Å². The Hall–Kier alpha value is -0.510. The zero-order valence-corrected chi connectivity index (χ0v) is 13.6. The maximum atomic E-state index is 12.4. The smallest absolute Gasteiger partial charge is 0.254 e. The van der Waals surface area contributed by atoms with E-state index >= 15 is 0 Å². The van der Waals surface area contributed by atoms with Crippen molar-refractivity contribution in [2.75, 3.05) is 33.4 Å². The highest BCUT2D eigenvalue weighted by Gasteiger charge is 2.22. The van der Waals surface area contributed by atoms with Crippen molar-refractivity contribution in [3.63, 3.8) is 0 Å². The number of hydrogen-bond acceptors (Lipinski definition) is 5. The van der Waals surface area contributed by atoms with Crippen LogP contribution in [0.15, 0.2) is 27.6 Å². The van der Waals surface area contributed by atoms with Crippen LogP contribution in [-0.2, 0) is 21.3 Å². The molecule has 1 heterocycles. The number of hydrazine groups is 1. The van der Waals surface area contributed by atoms with E-state index in [0.29, 0.717) is 37.3 Å². The first-order valence-corrected chi connectivity index (χ1v) is 8.59. The molecular formula is C12H18BrN3O3S. The van der Waals surface area contributed by atoms with Crippen LogP contribution < -0.4 is 10.1 Å². The van der Waals surface area contributed by atoms with Gasteiger partial charge in [-0.15, -0.1) is 4.83 Å². The SMILES string of the molecule is CNCc1ccc(S(=O)(=O)NN2CCOCC2)c(Br)c1. The number of sulfonamides is 1. The highest BCUT2D eigenvalue weighted by Crippen LogP contribution is 2.23. The average molecular weight is 364 g/mol. The Morgan fingerprint density at radius 3 is 2.65 bits per heavy atom. The molecule has 1 aromatic rings. The van der Waals surface area contributed by atoms with Gasteiger partial charge < -0.3 is 10.1 Å². The summed E-state index contributed by atoms with van der Waals surface area (Å²) < 4.78 is 30.5. The van der Waals surface area contributed by atoms with Gasteiger partial charge in [-0.3, -0.25) is 0 Å². The molecule has 0 aliphatic carbocycles. The van der Waals surface area contributed by atoms with Crippen LogP contribution >= 0.6 is 15.9 Å². The van der Waals surface area contributed by atoms with Gasteiger partial charge in [0.15, 0.2) is 0 Å². The Morgan fingerprint density at radius 1 is 1.35 bits per heavy atom. The number of morpholine rings is 1. The molecule has 1 saturated heterocycles. The molecule has 2 N–H and O–H groups in total. The lowest BCUT2D eigenvalue weighted by Gasteiger charge is -2.26. The van der Waals surface area contributed by atoms with E-state index in [4.69, 9.17) is 4.74 Å². The number of halogens is 1. The number of hydrogen-bond donors (Lipinski definition) is 2. The summed E-state index contributed by atoms with van der Waals surface area (Å²) in [4.78, 5) is 2.82. The van der Waals surface area contributed by atoms with Crippen LogP contribution in [0.1, 0.15) is 5.56 Å². The van der Waals surface area contributed by atoms with Crippen molar-refractivity contribution in [1.82, 2.24) is 15.2 Å². The molecule has 2 rings (SSSR count). The molecule has 0 atom stereocenters. The lowest BCUT2D eigenvalue weighted by molar-refractivity contribution is 0.0272. The van der Waals surface area contributed by atoms with Gasteiger partial charge in [0.1, 0.15) is 0 Å². The third-order valence-corrected chi connectivity index (χ3v) is 5.28. The number of rotatable bonds is 5. The first-order chi connectivity index (χ1) is 9.53. The summed E-state index contributed by atoms with van der Waals surface area (Å²) in [6.07, 6.45) is 0. The molecule has 6 nitrogen and oxygen atoms in total. The van der Waals surface area contributed by atoms with Crippen molar-refractivity contribution >= 4 is 26.0 Å². The first kappa shape index (κ1) is 15.9. The second-order valence-electron chi connectivity index (χ2n) is 4.49. The van der Waals surface area contributed by atoms with Gasteiger partial charge in [0, 0.05) is 24.1 Å². The van der Waals surface area contributed by atoms with Crippen LogP contribution in [0.2, 0.25) is 0 Å². The molecule has 0 radical (unpaired) electrons. The number of ether oxygens (including phenoxy) is 1. The Balaban J connectivity index is 2.16. The fraction of sp³-hybridized carbons (Fsp3) is 0.500. The summed E-state index contributed by atoms with van der Waals surface area (Å²) >= 11 is 3.33. The average Bonchev–Trinajstić information content (AvgIpc) is 2.39. The van der Waals surface area contributed by atoms with Crippen molar-refractivity contribution in [2.24, 2.45) is 0 Å². The molecule has 1 aromatic carbocycles. The summed E-state index contributed by atoms with van der Waals surface area (Å²) in [5.41, 5.74) is 1.02. The normalized spacial score (nSPS) is 17.3. The van der Waals surface area contributed by atoms with Gasteiger partial charge >= 0.3 is 0 Å². The minimum atomic E-state index is -3.57. The topological polar surface area (TPSA) is 70.7 Å². The van der Waals surface area contributed by atoms with Crippen molar-refractivity contribution in [1.29, 1.82) is 0 Å². The number of benzene rings is 1. The monoisotopic (exact) mass is 363 g/mol. The third kappa shape index (κ3) is 4.00. The van der Waals surface area contributed by atoms with Crippen LogP contribution in [-0.4, -0.2) is 46.8 Å². The lowest BCUT2D eigenvalue weighted by atomic mass is 10.2. The van der Waals surface area contributed by atoms with E-state index in [1.54, 1.807) is 17.1 Å². The van der Waals surface area contributed by atoms with Gasteiger partial charge in [-0.1, -0.05) is 6.07 Å². The molecule has 0 unspecified atom stereocenters. The van der Waals surface area contributed by atoms with Crippen LogP contribution in [0.25, 0.3) is 0 Å². The highest BCUT2D eigenvalue weighted by molar-refractivity contribution is 9.10. The van der Waals surface area contributed by atoms with E-state index in [1.807, 2.05) is 13.1 Å². The molecule has 1 fully saturated rings. The Morgan fingerprint density at radius 2 is 2.05 bits per heavy atom. The van der Waals surface area contributed by atoms with Crippen molar-refractivity contribution in [3.8, 4) is 0 Å². The van der Waals surface area contributed by atoms with E-state index < -0.39 is 10.0 Å². The van der Waals surface area contributed by atoms with E-state index in [1.165, 1.54) is 0 Å². The molecule has 0 aromatic heterocycles. The standard InChI is InChI=1S/C12H18BrN3O3S/c1-14-9-10-2-3-12(11(13)8-10)20(17,18)15-16-4-6-19-7-5-16/h2-3,8,14-15H,4-7,9H2,1H3. The maximum absolute atomic E-state index is 12.4. The molecule has 0 bridgehead atoms. The van der Waals surface area contributed by atoms with Gasteiger partial charge in [-0.25, -0.2) is 13.4 Å². The van der Waals surface area contributed by atoms with E-state index in [-0.39, 0.29) is 4.90 Å². The molecule has 8 heteroatoms. The third-order valence-electron chi connectivity index (χ3n) is 2.93. The zero-order valence-electron chi connectivity index (χ0n) is 11.2. The van der Waals surface area contributed by atoms with Gasteiger partial charge in [-0.2, -0.15) is 0 Å². The molecule has 0 saturated carbocycles. The molecule has 112 valence electrons. The van der Waals surface area contributed by atoms with E-state index in [2.05, 4.69) is 26.1 Å². The molecule has 1 aliphatic heterocycles. The van der Waals surface area contributed by atoms with Crippen molar-refractivity contribution in [3.05, 3.63) is 28.2 Å². The van der Waals surface area contributed by atoms with Gasteiger partial charge in [0.25, 0.3) is 10.0 Å². The quantitative estimate of drug-likeness (QED) is 0.805. The predicted octanol–water partition coefficient (Wildman–Crippen LogP) is 0.694. The second kappa shape index (κ2) is 6.97. The highest BCUT2D eigenvalue weighted by atomic mass is 79.9. The molecule has 20 heavy (non-hydrogen) atoms. The predicted molar refractivity (Wildman–Crippen MR) is 79.6 cm³/mol. The molecule has 0 spiro atoms. The first-order valence-electron chi connectivity index (χ1n) is 6.31. The van der Waals surface area contributed by atoms with Gasteiger partial charge in [0.05, 0.1) is 18.1 Å². The van der Waals surface area contributed by atoms with Crippen molar-refractivity contribution in [2.45, 2.75) is 11.4 Å². The number of nitrogens with zero attached hydrogens (tertiary/aromatic N) is 1. The number of nitrogens with one attached hydrogen (secondary N) is 2. The second-order valence-corrected chi connectivity index (χ2v) is 6.97. The van der Waals surface area contributed by atoms with Crippen LogP contribution in [0.5, 0.6) is 0 Å². The Labute approximate surface area is 127 Å². The minimum Gasteiger partial charge on any atom is -0.379 e. The fourth-order valence-corrected chi connectivity index (χ4v) is 4.20. The lowest BCUT2D eigenvalue weighted by Crippen LogP contribution is -2.48. The van der Waals surface area contributed by atoms with Gasteiger partial charge in [-0.05, 0) is 40.7 Å².